The molecule has 0 spiro atoms. The maximum absolute atomic E-state index is 12.6. The minimum Gasteiger partial charge on any atom is -0.485 e. The summed E-state index contributed by atoms with van der Waals surface area (Å²) in [5, 5.41) is 8.43. The first-order chi connectivity index (χ1) is 13.8. The topological polar surface area (TPSA) is 77.7 Å². The van der Waals surface area contributed by atoms with Gasteiger partial charge in [0.25, 0.3) is 11.1 Å². The Kier molecular flexibility index (Phi) is 4.40. The number of amides is 1. The number of anilines is 1. The van der Waals surface area contributed by atoms with E-state index in [2.05, 4.69) is 16.3 Å². The smallest absolute Gasteiger partial charge is 0.277 e. The van der Waals surface area contributed by atoms with Gasteiger partial charge in [-0.3, -0.25) is 4.79 Å². The van der Waals surface area contributed by atoms with Gasteiger partial charge < -0.3 is 18.8 Å². The molecule has 2 aliphatic rings. The highest BCUT2D eigenvalue weighted by Crippen LogP contribution is 2.36. The Bertz CT molecular complexity index is 1020. The Balaban J connectivity index is 1.21. The summed E-state index contributed by atoms with van der Waals surface area (Å²) < 4.78 is 17.2. The van der Waals surface area contributed by atoms with Crippen LogP contribution in [0.15, 0.2) is 58.2 Å². The first-order valence-electron chi connectivity index (χ1n) is 9.01. The van der Waals surface area contributed by atoms with Crippen molar-refractivity contribution in [3.8, 4) is 11.5 Å². The van der Waals surface area contributed by atoms with E-state index < -0.39 is 6.10 Å². The van der Waals surface area contributed by atoms with Crippen molar-refractivity contribution in [2.45, 2.75) is 17.7 Å². The van der Waals surface area contributed by atoms with E-state index in [1.165, 1.54) is 17.3 Å². The van der Waals surface area contributed by atoms with E-state index in [0.717, 1.165) is 12.1 Å². The molecule has 1 atom stereocenters. The van der Waals surface area contributed by atoms with Gasteiger partial charge in [0.15, 0.2) is 11.5 Å². The molecule has 5 rings (SSSR count). The van der Waals surface area contributed by atoms with E-state index in [0.29, 0.717) is 35.8 Å². The van der Waals surface area contributed by atoms with Gasteiger partial charge in [0.2, 0.25) is 12.0 Å². The molecular formula is C20H17N3O4S. The molecule has 0 aliphatic carbocycles. The highest BCUT2D eigenvalue weighted by Gasteiger charge is 2.28. The monoisotopic (exact) mass is 395 g/mol. The number of rotatable bonds is 4. The fourth-order valence-corrected chi connectivity index (χ4v) is 3.99. The number of benzene rings is 2. The van der Waals surface area contributed by atoms with Crippen LogP contribution in [0.1, 0.15) is 17.6 Å². The Morgan fingerprint density at radius 3 is 2.86 bits per heavy atom. The first-order valence-corrected chi connectivity index (χ1v) is 9.99. The van der Waals surface area contributed by atoms with Crippen molar-refractivity contribution in [1.29, 1.82) is 0 Å². The van der Waals surface area contributed by atoms with Crippen molar-refractivity contribution in [2.75, 3.05) is 23.8 Å². The molecule has 8 heteroatoms. The molecule has 0 saturated heterocycles. The van der Waals surface area contributed by atoms with E-state index in [4.69, 9.17) is 13.9 Å². The summed E-state index contributed by atoms with van der Waals surface area (Å²) in [7, 11) is 0. The molecule has 7 nitrogen and oxygen atoms in total. The van der Waals surface area contributed by atoms with Crippen LogP contribution in [0.4, 0.5) is 5.69 Å². The molecule has 142 valence electrons. The predicted octanol–water partition coefficient (Wildman–Crippen LogP) is 3.26. The lowest BCUT2D eigenvalue weighted by Crippen LogP contribution is -2.30. The zero-order valence-electron chi connectivity index (χ0n) is 14.9. The van der Waals surface area contributed by atoms with Crippen LogP contribution in [0.5, 0.6) is 11.5 Å². The summed E-state index contributed by atoms with van der Waals surface area (Å²) in [6.07, 6.45) is 0.426. The molecule has 0 unspecified atom stereocenters. The summed E-state index contributed by atoms with van der Waals surface area (Å²) in [6, 6.07) is 15.4. The van der Waals surface area contributed by atoms with Crippen molar-refractivity contribution in [3.05, 3.63) is 60.0 Å². The van der Waals surface area contributed by atoms with Crippen molar-refractivity contribution in [3.63, 3.8) is 0 Å². The molecule has 0 saturated carbocycles. The molecule has 0 radical (unpaired) electrons. The van der Waals surface area contributed by atoms with Crippen molar-refractivity contribution in [2.24, 2.45) is 0 Å². The number of hydrogen-bond donors (Lipinski definition) is 0. The van der Waals surface area contributed by atoms with Gasteiger partial charge in [-0.05, 0) is 30.2 Å². The summed E-state index contributed by atoms with van der Waals surface area (Å²) in [4.78, 5) is 14.4. The number of ether oxygens (including phenoxy) is 2. The van der Waals surface area contributed by atoms with Gasteiger partial charge in [-0.25, -0.2) is 0 Å². The van der Waals surface area contributed by atoms with Gasteiger partial charge in [0, 0.05) is 12.2 Å². The molecule has 3 aromatic rings. The maximum atomic E-state index is 12.6. The number of para-hydroxylation sites is 3. The number of carbonyl (C=O) groups is 1. The number of carbonyl (C=O) groups excluding carboxylic acids is 1. The Labute approximate surface area is 165 Å². The lowest BCUT2D eigenvalue weighted by atomic mass is 10.2. The summed E-state index contributed by atoms with van der Waals surface area (Å²) in [6.45, 7) is 1.01. The van der Waals surface area contributed by atoms with Crippen LogP contribution in [0.25, 0.3) is 0 Å². The predicted molar refractivity (Wildman–Crippen MR) is 103 cm³/mol. The molecule has 0 N–H and O–H groups in total. The molecule has 2 aromatic carbocycles. The van der Waals surface area contributed by atoms with Crippen LogP contribution in [0, 0.1) is 0 Å². The van der Waals surface area contributed by atoms with Gasteiger partial charge in [-0.1, -0.05) is 42.1 Å². The maximum Gasteiger partial charge on any atom is 0.277 e. The third kappa shape index (κ3) is 3.20. The fraction of sp³-hybridized carbons (Fsp3) is 0.250. The van der Waals surface area contributed by atoms with Crippen LogP contribution >= 0.6 is 11.8 Å². The molecule has 0 bridgehead atoms. The second-order valence-corrected chi connectivity index (χ2v) is 7.41. The van der Waals surface area contributed by atoms with E-state index >= 15 is 0 Å². The highest BCUT2D eigenvalue weighted by atomic mass is 32.2. The van der Waals surface area contributed by atoms with E-state index in [1.54, 1.807) is 0 Å². The Hall–Kier alpha value is -3.00. The molecular weight excluding hydrogens is 378 g/mol. The van der Waals surface area contributed by atoms with E-state index in [-0.39, 0.29) is 11.7 Å². The van der Waals surface area contributed by atoms with Crippen molar-refractivity contribution in [1.82, 2.24) is 10.2 Å². The van der Waals surface area contributed by atoms with E-state index in [9.17, 15) is 4.79 Å². The zero-order chi connectivity index (χ0) is 18.9. The average Bonchev–Trinajstić information content (AvgIpc) is 3.39. The van der Waals surface area contributed by atoms with Crippen LogP contribution in [-0.2, 0) is 11.2 Å². The van der Waals surface area contributed by atoms with Crippen molar-refractivity contribution < 1.29 is 18.7 Å². The number of nitrogens with zero attached hydrogens (tertiary/aromatic N) is 3. The highest BCUT2D eigenvalue weighted by molar-refractivity contribution is 7.99. The number of fused-ring (bicyclic) bond motifs is 2. The van der Waals surface area contributed by atoms with Crippen LogP contribution < -0.4 is 14.4 Å². The summed E-state index contributed by atoms with van der Waals surface area (Å²) in [5.41, 5.74) is 2.20. The molecule has 3 heterocycles. The molecule has 1 aromatic heterocycles. The average molecular weight is 395 g/mol. The third-order valence-electron chi connectivity index (χ3n) is 4.71. The molecule has 28 heavy (non-hydrogen) atoms. The zero-order valence-corrected chi connectivity index (χ0v) is 15.7. The van der Waals surface area contributed by atoms with Crippen LogP contribution in [0.3, 0.4) is 0 Å². The Morgan fingerprint density at radius 2 is 1.93 bits per heavy atom. The summed E-state index contributed by atoms with van der Waals surface area (Å²) in [5.74, 6) is 1.95. The lowest BCUT2D eigenvalue weighted by Gasteiger charge is -2.23. The second kappa shape index (κ2) is 7.20. The minimum absolute atomic E-state index is 0.0286. The standard InChI is InChI=1S/C20H17N3O4S/c24-18(23-10-9-13-5-1-2-6-14(13)23)12-28-20-22-21-19(27-20)17-11-25-15-7-3-4-8-16(15)26-17/h1-8,17H,9-12H2/t17-/m0/s1. The fourth-order valence-electron chi connectivity index (χ4n) is 3.35. The number of aromatic nitrogens is 2. The van der Waals surface area contributed by atoms with Crippen LogP contribution in [0.2, 0.25) is 0 Å². The number of thioether (sulfide) groups is 1. The molecule has 0 fully saturated rings. The molecule has 1 amide bonds. The van der Waals surface area contributed by atoms with Crippen molar-refractivity contribution >= 4 is 23.4 Å². The first kappa shape index (κ1) is 17.1. The Morgan fingerprint density at radius 1 is 1.11 bits per heavy atom. The third-order valence-corrected chi connectivity index (χ3v) is 5.52. The lowest BCUT2D eigenvalue weighted by molar-refractivity contribution is -0.116. The van der Waals surface area contributed by atoms with Gasteiger partial charge >= 0.3 is 0 Å². The summed E-state index contributed by atoms with van der Waals surface area (Å²) >= 11 is 1.23. The quantitative estimate of drug-likeness (QED) is 0.628. The SMILES string of the molecule is O=C(CSc1nnc([C@@H]2COc3ccccc3O2)o1)N1CCc2ccccc21. The normalized spacial score (nSPS) is 17.4. The number of hydrogen-bond acceptors (Lipinski definition) is 7. The second-order valence-electron chi connectivity index (χ2n) is 6.48. The van der Waals surface area contributed by atoms with Gasteiger partial charge in [-0.2, -0.15) is 0 Å². The largest absolute Gasteiger partial charge is 0.485 e. The minimum atomic E-state index is -0.460. The van der Waals surface area contributed by atoms with Crippen LogP contribution in [-0.4, -0.2) is 35.0 Å². The molecule has 2 aliphatic heterocycles. The van der Waals surface area contributed by atoms with E-state index in [1.807, 2.05) is 47.4 Å². The van der Waals surface area contributed by atoms with Gasteiger partial charge in [-0.15, -0.1) is 10.2 Å². The van der Waals surface area contributed by atoms with Gasteiger partial charge in [0.1, 0.15) is 6.61 Å². The van der Waals surface area contributed by atoms with Gasteiger partial charge in [0.05, 0.1) is 5.75 Å².